The predicted molar refractivity (Wildman–Crippen MR) is 70.2 cm³/mol. The van der Waals surface area contributed by atoms with Gasteiger partial charge >= 0.3 is 5.56 Å². The summed E-state index contributed by atoms with van der Waals surface area (Å²) in [5, 5.41) is 3.15. The molecule has 16 heavy (non-hydrogen) atoms. The highest BCUT2D eigenvalue weighted by Gasteiger charge is 2.23. The van der Waals surface area contributed by atoms with Crippen molar-refractivity contribution in [2.45, 2.75) is 6.04 Å². The summed E-state index contributed by atoms with van der Waals surface area (Å²) in [7, 11) is 0. The number of aromatic nitrogens is 3. The molecule has 1 atom stereocenters. The second kappa shape index (κ2) is 3.69. The number of pyridine rings is 1. The van der Waals surface area contributed by atoms with Gasteiger partial charge in [-0.3, -0.25) is 4.79 Å². The summed E-state index contributed by atoms with van der Waals surface area (Å²) in [6.07, 6.45) is 1.62. The molecule has 0 amide bonds. The number of anilines is 1. The van der Waals surface area contributed by atoms with Gasteiger partial charge in [0.05, 0.1) is 11.6 Å². The third-order valence-corrected chi connectivity index (χ3v) is 3.74. The van der Waals surface area contributed by atoms with Crippen LogP contribution in [0.5, 0.6) is 0 Å². The van der Waals surface area contributed by atoms with Crippen molar-refractivity contribution in [1.29, 1.82) is 0 Å². The van der Waals surface area contributed by atoms with Crippen LogP contribution in [-0.4, -0.2) is 25.5 Å². The predicted octanol–water partition coefficient (Wildman–Crippen LogP) is 1.19. The standard InChI is InChI=1S/C10H9IN4O/c11-4-6-5-13-10-14-9(16)8-7(15(6)10)2-1-3-12-8/h1-3,6H,4-5H2,(H,13,14,16). The maximum Gasteiger partial charge on any atom is 0.300 e. The fourth-order valence-electron chi connectivity index (χ4n) is 1.99. The molecule has 3 heterocycles. The van der Waals surface area contributed by atoms with E-state index in [9.17, 15) is 4.79 Å². The molecule has 3 rings (SSSR count). The van der Waals surface area contributed by atoms with Crippen LogP contribution in [0, 0.1) is 0 Å². The maximum absolute atomic E-state index is 11.7. The molecule has 0 spiro atoms. The molecule has 5 nitrogen and oxygen atoms in total. The van der Waals surface area contributed by atoms with Gasteiger partial charge in [0.15, 0.2) is 5.52 Å². The lowest BCUT2D eigenvalue weighted by molar-refractivity contribution is 0.661. The Morgan fingerprint density at radius 3 is 3.31 bits per heavy atom. The molecule has 0 saturated heterocycles. The van der Waals surface area contributed by atoms with Gasteiger partial charge in [0, 0.05) is 17.2 Å². The summed E-state index contributed by atoms with van der Waals surface area (Å²) in [5.74, 6) is 0.659. The minimum absolute atomic E-state index is 0.261. The van der Waals surface area contributed by atoms with Crippen LogP contribution in [0.25, 0.3) is 11.0 Å². The van der Waals surface area contributed by atoms with Crippen molar-refractivity contribution in [3.05, 3.63) is 28.7 Å². The summed E-state index contributed by atoms with van der Waals surface area (Å²) in [4.78, 5) is 19.8. The number of hydrogen-bond acceptors (Lipinski definition) is 4. The SMILES string of the molecule is O=c1nc2n(c3cccnc13)C(CI)CN2. The zero-order valence-corrected chi connectivity index (χ0v) is 10.5. The van der Waals surface area contributed by atoms with Gasteiger partial charge in [-0.25, -0.2) is 4.98 Å². The largest absolute Gasteiger partial charge is 0.353 e. The van der Waals surface area contributed by atoms with Crippen molar-refractivity contribution < 1.29 is 0 Å². The molecule has 0 fully saturated rings. The monoisotopic (exact) mass is 328 g/mol. The zero-order valence-electron chi connectivity index (χ0n) is 8.35. The summed E-state index contributed by atoms with van der Waals surface area (Å²) >= 11 is 2.34. The lowest BCUT2D eigenvalue weighted by atomic mass is 10.3. The number of rotatable bonds is 1. The Labute approximate surface area is 105 Å². The molecular weight excluding hydrogens is 319 g/mol. The lowest BCUT2D eigenvalue weighted by Crippen LogP contribution is -2.16. The topological polar surface area (TPSA) is 59.8 Å². The van der Waals surface area contributed by atoms with E-state index in [0.29, 0.717) is 17.5 Å². The summed E-state index contributed by atoms with van der Waals surface area (Å²) < 4.78 is 3.04. The van der Waals surface area contributed by atoms with E-state index < -0.39 is 0 Å². The minimum atomic E-state index is -0.261. The first-order valence-electron chi connectivity index (χ1n) is 4.98. The van der Waals surface area contributed by atoms with E-state index in [1.54, 1.807) is 6.20 Å². The Kier molecular flexibility index (Phi) is 2.31. The average molecular weight is 328 g/mol. The highest BCUT2D eigenvalue weighted by Crippen LogP contribution is 2.26. The van der Waals surface area contributed by atoms with Crippen LogP contribution in [-0.2, 0) is 0 Å². The number of fused-ring (bicyclic) bond motifs is 3. The van der Waals surface area contributed by atoms with E-state index in [-0.39, 0.29) is 5.56 Å². The van der Waals surface area contributed by atoms with Crippen LogP contribution in [0.3, 0.4) is 0 Å². The Balaban J connectivity index is 2.42. The molecule has 0 aromatic carbocycles. The molecule has 2 aromatic heterocycles. The number of nitrogens with one attached hydrogen (secondary N) is 1. The molecule has 1 aliphatic heterocycles. The maximum atomic E-state index is 11.7. The van der Waals surface area contributed by atoms with Gasteiger partial charge in [0.25, 0.3) is 0 Å². The molecular formula is C10H9IN4O. The highest BCUT2D eigenvalue weighted by atomic mass is 127. The molecule has 1 N–H and O–H groups in total. The molecule has 1 aliphatic rings. The molecule has 0 bridgehead atoms. The van der Waals surface area contributed by atoms with E-state index in [0.717, 1.165) is 16.5 Å². The van der Waals surface area contributed by atoms with Crippen LogP contribution in [0.15, 0.2) is 23.1 Å². The van der Waals surface area contributed by atoms with Crippen molar-refractivity contribution in [2.75, 3.05) is 16.3 Å². The molecule has 0 saturated carbocycles. The molecule has 0 radical (unpaired) electrons. The van der Waals surface area contributed by atoms with Crippen molar-refractivity contribution >= 4 is 39.6 Å². The van der Waals surface area contributed by atoms with Crippen molar-refractivity contribution in [1.82, 2.24) is 14.5 Å². The van der Waals surface area contributed by atoms with Gasteiger partial charge in [0.2, 0.25) is 5.95 Å². The lowest BCUT2D eigenvalue weighted by Gasteiger charge is -2.12. The van der Waals surface area contributed by atoms with Gasteiger partial charge < -0.3 is 9.88 Å². The first-order chi connectivity index (χ1) is 7.81. The molecule has 0 aliphatic carbocycles. The molecule has 1 unspecified atom stereocenters. The zero-order chi connectivity index (χ0) is 11.1. The molecule has 82 valence electrons. The third kappa shape index (κ3) is 1.32. The number of nitrogens with zero attached hydrogens (tertiary/aromatic N) is 3. The van der Waals surface area contributed by atoms with Crippen LogP contribution in [0.2, 0.25) is 0 Å². The van der Waals surface area contributed by atoms with Crippen LogP contribution >= 0.6 is 22.6 Å². The highest BCUT2D eigenvalue weighted by molar-refractivity contribution is 14.1. The molecule has 6 heteroatoms. The second-order valence-electron chi connectivity index (χ2n) is 3.67. The first kappa shape index (κ1) is 10.0. The van der Waals surface area contributed by atoms with E-state index in [4.69, 9.17) is 0 Å². The Morgan fingerprint density at radius 1 is 1.62 bits per heavy atom. The summed E-state index contributed by atoms with van der Waals surface area (Å²) in [5.41, 5.74) is 1.05. The fourth-order valence-corrected chi connectivity index (χ4v) is 2.70. The summed E-state index contributed by atoms with van der Waals surface area (Å²) in [6.45, 7) is 0.823. The Bertz CT molecular complexity index is 609. The first-order valence-corrected chi connectivity index (χ1v) is 6.51. The number of alkyl halides is 1. The van der Waals surface area contributed by atoms with Crippen LogP contribution in [0.4, 0.5) is 5.95 Å². The van der Waals surface area contributed by atoms with Crippen molar-refractivity contribution in [2.24, 2.45) is 0 Å². The van der Waals surface area contributed by atoms with Gasteiger partial charge in [-0.05, 0) is 12.1 Å². The number of hydrogen-bond donors (Lipinski definition) is 1. The van der Waals surface area contributed by atoms with E-state index in [1.165, 1.54) is 0 Å². The minimum Gasteiger partial charge on any atom is -0.353 e. The van der Waals surface area contributed by atoms with Crippen LogP contribution < -0.4 is 10.9 Å². The quantitative estimate of drug-likeness (QED) is 0.631. The fraction of sp³-hybridized carbons (Fsp3) is 0.300. The van der Waals surface area contributed by atoms with E-state index >= 15 is 0 Å². The Morgan fingerprint density at radius 2 is 2.50 bits per heavy atom. The van der Waals surface area contributed by atoms with Gasteiger partial charge in [0.1, 0.15) is 0 Å². The van der Waals surface area contributed by atoms with Gasteiger partial charge in [-0.15, -0.1) is 0 Å². The Hall–Kier alpha value is -1.18. The normalized spacial score (nSPS) is 18.4. The third-order valence-electron chi connectivity index (χ3n) is 2.72. The van der Waals surface area contributed by atoms with Crippen molar-refractivity contribution in [3.63, 3.8) is 0 Å². The van der Waals surface area contributed by atoms with Crippen LogP contribution in [0.1, 0.15) is 6.04 Å². The van der Waals surface area contributed by atoms with E-state index in [1.807, 2.05) is 12.1 Å². The smallest absolute Gasteiger partial charge is 0.300 e. The number of halogens is 1. The van der Waals surface area contributed by atoms with Crippen molar-refractivity contribution in [3.8, 4) is 0 Å². The molecule has 2 aromatic rings. The van der Waals surface area contributed by atoms with Gasteiger partial charge in [-0.2, -0.15) is 4.98 Å². The summed E-state index contributed by atoms with van der Waals surface area (Å²) in [6, 6.07) is 4.11. The second-order valence-corrected chi connectivity index (χ2v) is 4.55. The average Bonchev–Trinajstić information content (AvgIpc) is 2.72. The van der Waals surface area contributed by atoms with Gasteiger partial charge in [-0.1, -0.05) is 22.6 Å². The van der Waals surface area contributed by atoms with E-state index in [2.05, 4.69) is 42.4 Å².